The molecule has 7 nitrogen and oxygen atoms in total. The lowest BCUT2D eigenvalue weighted by atomic mass is 10.1. The number of para-hydroxylation sites is 1. The minimum Gasteiger partial charge on any atom is -0.495 e. The zero-order valence-electron chi connectivity index (χ0n) is 19.0. The van der Waals surface area contributed by atoms with Crippen molar-refractivity contribution in [1.29, 1.82) is 0 Å². The summed E-state index contributed by atoms with van der Waals surface area (Å²) in [6.07, 6.45) is 21.2. The lowest BCUT2D eigenvalue weighted by Gasteiger charge is -2.11. The van der Waals surface area contributed by atoms with Crippen molar-refractivity contribution in [3.8, 4) is 5.75 Å². The van der Waals surface area contributed by atoms with Gasteiger partial charge in [0.1, 0.15) is 5.75 Å². The molecular formula is C26H30N2O5. The fourth-order valence-corrected chi connectivity index (χ4v) is 2.38. The van der Waals surface area contributed by atoms with Crippen molar-refractivity contribution in [2.24, 2.45) is 5.92 Å². The molecule has 0 fully saturated rings. The monoisotopic (exact) mass is 450 g/mol. The maximum atomic E-state index is 11.5. The average molecular weight is 451 g/mol. The maximum absolute atomic E-state index is 11.5. The topological polar surface area (TPSA) is 105 Å². The Morgan fingerprint density at radius 1 is 0.970 bits per heavy atom. The molecule has 0 aromatic heterocycles. The molecule has 0 unspecified atom stereocenters. The zero-order valence-corrected chi connectivity index (χ0v) is 19.0. The Labute approximate surface area is 194 Å². The largest absolute Gasteiger partial charge is 0.495 e. The minimum atomic E-state index is -0.948. The second-order valence-corrected chi connectivity index (χ2v) is 6.85. The highest BCUT2D eigenvalue weighted by Crippen LogP contribution is 2.29. The van der Waals surface area contributed by atoms with E-state index >= 15 is 0 Å². The third-order valence-electron chi connectivity index (χ3n) is 4.11. The van der Waals surface area contributed by atoms with Crippen molar-refractivity contribution >= 4 is 29.5 Å². The van der Waals surface area contributed by atoms with E-state index in [1.165, 1.54) is 19.9 Å². The van der Waals surface area contributed by atoms with Gasteiger partial charge in [0.2, 0.25) is 11.8 Å². The van der Waals surface area contributed by atoms with E-state index in [4.69, 9.17) is 9.84 Å². The number of methoxy groups -OCH3 is 1. The Hall–Kier alpha value is -4.13. The van der Waals surface area contributed by atoms with E-state index < -0.39 is 11.9 Å². The summed E-state index contributed by atoms with van der Waals surface area (Å²) in [5, 5.41) is 14.1. The third kappa shape index (κ3) is 11.7. The SMILES string of the molecule is COc1cccc(C=CC=CC=CC=CC=CC=CC(=O)NC[C@@H](C)C(=O)O)c1NC(C)=O. The van der Waals surface area contributed by atoms with Crippen molar-refractivity contribution in [3.05, 3.63) is 90.6 Å². The molecule has 174 valence electrons. The number of carboxylic acid groups (broad SMARTS) is 1. The number of anilines is 1. The molecule has 0 saturated heterocycles. The van der Waals surface area contributed by atoms with E-state index in [0.717, 1.165) is 5.56 Å². The Kier molecular flexibility index (Phi) is 12.8. The van der Waals surface area contributed by atoms with Gasteiger partial charge in [0.15, 0.2) is 0 Å². The first-order chi connectivity index (χ1) is 15.8. The number of carboxylic acids is 1. The van der Waals surface area contributed by atoms with Crippen LogP contribution >= 0.6 is 0 Å². The van der Waals surface area contributed by atoms with Crippen molar-refractivity contribution in [1.82, 2.24) is 5.32 Å². The van der Waals surface area contributed by atoms with Gasteiger partial charge in [-0.25, -0.2) is 0 Å². The highest BCUT2D eigenvalue weighted by atomic mass is 16.5. The molecular weight excluding hydrogens is 420 g/mol. The standard InChI is InChI=1S/C26H30N2O5/c1-20(26(31)32)19-27-24(30)18-13-11-9-7-5-4-6-8-10-12-15-22-16-14-17-23(33-3)25(22)28-21(2)29/h4-18,20H,19H2,1-3H3,(H,27,30)(H,28,29)(H,31,32)/t20-/m1/s1. The summed E-state index contributed by atoms with van der Waals surface area (Å²) < 4.78 is 5.30. The van der Waals surface area contributed by atoms with Crippen LogP contribution < -0.4 is 15.4 Å². The van der Waals surface area contributed by atoms with E-state index in [1.807, 2.05) is 60.7 Å². The molecule has 33 heavy (non-hydrogen) atoms. The number of amides is 2. The zero-order chi connectivity index (χ0) is 24.5. The van der Waals surface area contributed by atoms with E-state index in [1.54, 1.807) is 31.4 Å². The van der Waals surface area contributed by atoms with Crippen molar-refractivity contribution in [2.75, 3.05) is 19.0 Å². The number of ether oxygens (including phenoxy) is 1. The van der Waals surface area contributed by atoms with E-state index in [9.17, 15) is 14.4 Å². The molecule has 0 aliphatic rings. The number of carbonyl (C=O) groups is 3. The van der Waals surface area contributed by atoms with Crippen LogP contribution in [0.5, 0.6) is 5.75 Å². The number of aliphatic carboxylic acids is 1. The summed E-state index contributed by atoms with van der Waals surface area (Å²) in [6.45, 7) is 3.07. The Morgan fingerprint density at radius 2 is 1.55 bits per heavy atom. The Balaban J connectivity index is 2.46. The lowest BCUT2D eigenvalue weighted by molar-refractivity contribution is -0.141. The van der Waals surface area contributed by atoms with Gasteiger partial charge in [-0.2, -0.15) is 0 Å². The normalized spacial score (nSPS) is 13.1. The van der Waals surface area contributed by atoms with E-state index in [2.05, 4.69) is 10.6 Å². The average Bonchev–Trinajstić information content (AvgIpc) is 2.78. The van der Waals surface area contributed by atoms with Crippen molar-refractivity contribution in [3.63, 3.8) is 0 Å². The minimum absolute atomic E-state index is 0.0889. The Morgan fingerprint density at radius 3 is 2.09 bits per heavy atom. The number of allylic oxidation sites excluding steroid dienone is 10. The molecule has 1 aromatic carbocycles. The molecule has 0 aliphatic heterocycles. The van der Waals surface area contributed by atoms with Gasteiger partial charge in [0.05, 0.1) is 18.7 Å². The summed E-state index contributed by atoms with van der Waals surface area (Å²) in [5.74, 6) is -1.49. The van der Waals surface area contributed by atoms with Crippen LogP contribution in [0, 0.1) is 5.92 Å². The van der Waals surface area contributed by atoms with Gasteiger partial charge in [-0.15, -0.1) is 0 Å². The van der Waals surface area contributed by atoms with E-state index in [-0.39, 0.29) is 18.4 Å². The van der Waals surface area contributed by atoms with E-state index in [0.29, 0.717) is 11.4 Å². The summed E-state index contributed by atoms with van der Waals surface area (Å²) in [6, 6.07) is 5.53. The molecule has 1 atom stereocenters. The summed E-state index contributed by atoms with van der Waals surface area (Å²) in [7, 11) is 1.56. The van der Waals surface area contributed by atoms with Gasteiger partial charge in [-0.3, -0.25) is 14.4 Å². The first kappa shape index (κ1) is 26.9. The van der Waals surface area contributed by atoms with Crippen molar-refractivity contribution in [2.45, 2.75) is 13.8 Å². The maximum Gasteiger partial charge on any atom is 0.308 e. The van der Waals surface area contributed by atoms with Crippen LogP contribution in [0.2, 0.25) is 0 Å². The van der Waals surface area contributed by atoms with Crippen LogP contribution in [0.3, 0.4) is 0 Å². The summed E-state index contributed by atoms with van der Waals surface area (Å²) in [4.78, 5) is 33.6. The van der Waals surface area contributed by atoms with Crippen molar-refractivity contribution < 1.29 is 24.2 Å². The number of rotatable bonds is 12. The molecule has 7 heteroatoms. The van der Waals surface area contributed by atoms with Gasteiger partial charge in [-0.1, -0.05) is 85.9 Å². The second-order valence-electron chi connectivity index (χ2n) is 6.85. The number of hydrogen-bond donors (Lipinski definition) is 3. The smallest absolute Gasteiger partial charge is 0.308 e. The highest BCUT2D eigenvalue weighted by molar-refractivity contribution is 5.93. The molecule has 2 amide bonds. The van der Waals surface area contributed by atoms with Gasteiger partial charge >= 0.3 is 5.97 Å². The summed E-state index contributed by atoms with van der Waals surface area (Å²) >= 11 is 0. The lowest BCUT2D eigenvalue weighted by Crippen LogP contribution is -2.30. The van der Waals surface area contributed by atoms with Gasteiger partial charge in [0, 0.05) is 25.1 Å². The molecule has 0 bridgehead atoms. The first-order valence-corrected chi connectivity index (χ1v) is 10.3. The van der Waals surface area contributed by atoms with Gasteiger partial charge < -0.3 is 20.5 Å². The van der Waals surface area contributed by atoms with Crippen LogP contribution in [0.1, 0.15) is 19.4 Å². The first-order valence-electron chi connectivity index (χ1n) is 10.3. The van der Waals surface area contributed by atoms with Crippen LogP contribution in [-0.2, 0) is 14.4 Å². The second kappa shape index (κ2) is 15.6. The Bertz CT molecular complexity index is 984. The third-order valence-corrected chi connectivity index (χ3v) is 4.11. The van der Waals surface area contributed by atoms with Crippen LogP contribution in [0.4, 0.5) is 5.69 Å². The molecule has 0 aliphatic carbocycles. The van der Waals surface area contributed by atoms with Gasteiger partial charge in [-0.05, 0) is 6.07 Å². The molecule has 0 spiro atoms. The molecule has 0 radical (unpaired) electrons. The molecule has 1 rings (SSSR count). The molecule has 0 saturated carbocycles. The number of hydrogen-bond acceptors (Lipinski definition) is 4. The number of nitrogens with one attached hydrogen (secondary N) is 2. The van der Waals surface area contributed by atoms with Gasteiger partial charge in [0.25, 0.3) is 0 Å². The number of benzene rings is 1. The molecule has 0 heterocycles. The van der Waals surface area contributed by atoms with Crippen LogP contribution in [-0.4, -0.2) is 36.5 Å². The highest BCUT2D eigenvalue weighted by Gasteiger charge is 2.10. The summed E-state index contributed by atoms with van der Waals surface area (Å²) in [5.41, 5.74) is 1.46. The molecule has 1 aromatic rings. The predicted molar refractivity (Wildman–Crippen MR) is 132 cm³/mol. The fourth-order valence-electron chi connectivity index (χ4n) is 2.38. The molecule has 3 N–H and O–H groups in total. The quantitative estimate of drug-likeness (QED) is 0.326. The fraction of sp³-hybridized carbons (Fsp3) is 0.192. The number of carbonyl (C=O) groups excluding carboxylic acids is 2. The predicted octanol–water partition coefficient (Wildman–Crippen LogP) is 4.28. The van der Waals surface area contributed by atoms with Crippen LogP contribution in [0.15, 0.2) is 85.0 Å². The van der Waals surface area contributed by atoms with Crippen LogP contribution in [0.25, 0.3) is 6.08 Å².